The molecule has 0 unspecified atom stereocenters. The number of benzene rings is 2. The van der Waals surface area contributed by atoms with Crippen LogP contribution in [0.5, 0.6) is 5.75 Å². The molecule has 0 bridgehead atoms. The highest BCUT2D eigenvalue weighted by Crippen LogP contribution is 2.35. The van der Waals surface area contributed by atoms with Crippen molar-refractivity contribution in [1.29, 1.82) is 0 Å². The predicted octanol–water partition coefficient (Wildman–Crippen LogP) is 2.45. The summed E-state index contributed by atoms with van der Waals surface area (Å²) >= 11 is 0. The van der Waals surface area contributed by atoms with Crippen molar-refractivity contribution in [2.24, 2.45) is 0 Å². The van der Waals surface area contributed by atoms with E-state index in [4.69, 9.17) is 9.47 Å². The van der Waals surface area contributed by atoms with E-state index in [0.29, 0.717) is 48.9 Å². The number of rotatable bonds is 4. The molecule has 7 heteroatoms. The monoisotopic (exact) mass is 382 g/mol. The lowest BCUT2D eigenvalue weighted by Crippen LogP contribution is -2.40. The summed E-state index contributed by atoms with van der Waals surface area (Å²) in [5, 5.41) is 0. The van der Waals surface area contributed by atoms with Crippen LogP contribution in [0, 0.1) is 5.82 Å². The molecular weight excluding hydrogens is 363 g/mol. The van der Waals surface area contributed by atoms with Crippen molar-refractivity contribution in [3.63, 3.8) is 0 Å². The number of hydrogen-bond acceptors (Lipinski definition) is 5. The number of anilines is 1. The van der Waals surface area contributed by atoms with Crippen LogP contribution in [0.4, 0.5) is 10.1 Å². The zero-order valence-corrected chi connectivity index (χ0v) is 15.4. The maximum Gasteiger partial charge on any atom is 0.282 e. The molecule has 2 amide bonds. The minimum atomic E-state index is -0.510. The van der Waals surface area contributed by atoms with Gasteiger partial charge in [0.25, 0.3) is 11.8 Å². The number of carbonyl (C=O) groups excluding carboxylic acids is 2. The van der Waals surface area contributed by atoms with Gasteiger partial charge in [-0.2, -0.15) is 0 Å². The number of hydrogen-bond donors (Lipinski definition) is 0. The quantitative estimate of drug-likeness (QED) is 0.761. The maximum atomic E-state index is 13.7. The van der Waals surface area contributed by atoms with Crippen LogP contribution in [0.2, 0.25) is 0 Å². The van der Waals surface area contributed by atoms with Gasteiger partial charge in [0.1, 0.15) is 17.3 Å². The Labute approximate surface area is 161 Å². The van der Waals surface area contributed by atoms with Crippen molar-refractivity contribution in [3.8, 4) is 5.75 Å². The fraction of sp³-hybridized carbons (Fsp3) is 0.238. The molecule has 144 valence electrons. The second kappa shape index (κ2) is 7.44. The van der Waals surface area contributed by atoms with Gasteiger partial charge in [-0.15, -0.1) is 0 Å². The molecule has 0 atom stereocenters. The summed E-state index contributed by atoms with van der Waals surface area (Å²) in [7, 11) is 1.56. The molecule has 0 N–H and O–H groups in total. The van der Waals surface area contributed by atoms with E-state index in [9.17, 15) is 14.0 Å². The standard InChI is InChI=1S/C21H19FN2O4/c1-27-17-7-5-14(6-8-17)18-19(23-9-11-28-12-10-23)21(26)24(20(18)25)16-4-2-3-15(22)13-16/h2-8,13H,9-12H2,1H3. The third kappa shape index (κ3) is 3.14. The lowest BCUT2D eigenvalue weighted by Gasteiger charge is -2.29. The molecular formula is C21H19FN2O4. The molecule has 0 radical (unpaired) electrons. The molecule has 0 aromatic heterocycles. The van der Waals surface area contributed by atoms with Crippen molar-refractivity contribution in [3.05, 3.63) is 65.6 Å². The Kier molecular flexibility index (Phi) is 4.83. The van der Waals surface area contributed by atoms with E-state index in [2.05, 4.69) is 0 Å². The van der Waals surface area contributed by atoms with Crippen LogP contribution in [0.15, 0.2) is 54.2 Å². The smallest absolute Gasteiger partial charge is 0.282 e. The molecule has 2 aliphatic rings. The highest BCUT2D eigenvalue weighted by atomic mass is 19.1. The summed E-state index contributed by atoms with van der Waals surface area (Å²) in [6.45, 7) is 1.96. The minimum absolute atomic E-state index is 0.212. The predicted molar refractivity (Wildman–Crippen MR) is 101 cm³/mol. The van der Waals surface area contributed by atoms with Gasteiger partial charge >= 0.3 is 0 Å². The van der Waals surface area contributed by atoms with Crippen LogP contribution in [0.3, 0.4) is 0 Å². The Morgan fingerprint density at radius 1 is 1.00 bits per heavy atom. The molecule has 4 rings (SSSR count). The van der Waals surface area contributed by atoms with Gasteiger partial charge in [-0.05, 0) is 35.9 Å². The van der Waals surface area contributed by atoms with E-state index in [1.807, 2.05) is 4.90 Å². The minimum Gasteiger partial charge on any atom is -0.497 e. The molecule has 1 fully saturated rings. The largest absolute Gasteiger partial charge is 0.497 e. The van der Waals surface area contributed by atoms with Gasteiger partial charge in [0.15, 0.2) is 0 Å². The first-order chi connectivity index (χ1) is 13.6. The van der Waals surface area contributed by atoms with E-state index in [1.165, 1.54) is 18.2 Å². The average Bonchev–Trinajstić information content (AvgIpc) is 2.99. The van der Waals surface area contributed by atoms with Gasteiger partial charge in [-0.1, -0.05) is 18.2 Å². The molecule has 0 spiro atoms. The Bertz CT molecular complexity index is 949. The summed E-state index contributed by atoms with van der Waals surface area (Å²) in [5.41, 5.74) is 1.45. The van der Waals surface area contributed by atoms with E-state index in [0.717, 1.165) is 4.90 Å². The van der Waals surface area contributed by atoms with Crippen molar-refractivity contribution in [2.45, 2.75) is 0 Å². The Hall–Kier alpha value is -3.19. The van der Waals surface area contributed by atoms with Crippen molar-refractivity contribution < 1.29 is 23.5 Å². The first kappa shape index (κ1) is 18.2. The normalized spacial score (nSPS) is 17.5. The van der Waals surface area contributed by atoms with Crippen LogP contribution >= 0.6 is 0 Å². The van der Waals surface area contributed by atoms with Crippen LogP contribution in [0.25, 0.3) is 5.57 Å². The van der Waals surface area contributed by atoms with Crippen LogP contribution in [-0.2, 0) is 14.3 Å². The van der Waals surface area contributed by atoms with Crippen molar-refractivity contribution >= 4 is 23.1 Å². The Morgan fingerprint density at radius 2 is 1.71 bits per heavy atom. The number of methoxy groups -OCH3 is 1. The zero-order chi connectivity index (χ0) is 19.7. The summed E-state index contributed by atoms with van der Waals surface area (Å²) in [6, 6.07) is 12.4. The SMILES string of the molecule is COc1ccc(C2=C(N3CCOCC3)C(=O)N(c3cccc(F)c3)C2=O)cc1. The van der Waals surface area contributed by atoms with Gasteiger partial charge in [0, 0.05) is 13.1 Å². The average molecular weight is 382 g/mol. The Morgan fingerprint density at radius 3 is 2.36 bits per heavy atom. The van der Waals surface area contributed by atoms with E-state index in [1.54, 1.807) is 37.4 Å². The molecule has 1 saturated heterocycles. The van der Waals surface area contributed by atoms with E-state index in [-0.39, 0.29) is 5.69 Å². The zero-order valence-electron chi connectivity index (χ0n) is 15.4. The van der Waals surface area contributed by atoms with Crippen LogP contribution in [0.1, 0.15) is 5.56 Å². The van der Waals surface area contributed by atoms with Gasteiger partial charge in [-0.25, -0.2) is 9.29 Å². The van der Waals surface area contributed by atoms with Gasteiger partial charge in [0.05, 0.1) is 31.6 Å². The Balaban J connectivity index is 1.81. The fourth-order valence-electron chi connectivity index (χ4n) is 3.47. The fourth-order valence-corrected chi connectivity index (χ4v) is 3.47. The number of amides is 2. The number of imide groups is 1. The summed E-state index contributed by atoms with van der Waals surface area (Å²) in [5.74, 6) is -0.787. The number of morpholine rings is 1. The number of nitrogens with zero attached hydrogens (tertiary/aromatic N) is 2. The lowest BCUT2D eigenvalue weighted by molar-refractivity contribution is -0.121. The first-order valence-electron chi connectivity index (χ1n) is 8.96. The second-order valence-electron chi connectivity index (χ2n) is 6.48. The van der Waals surface area contributed by atoms with E-state index >= 15 is 0 Å². The number of ether oxygens (including phenoxy) is 2. The second-order valence-corrected chi connectivity index (χ2v) is 6.48. The third-order valence-electron chi connectivity index (χ3n) is 4.83. The molecule has 2 heterocycles. The first-order valence-corrected chi connectivity index (χ1v) is 8.96. The van der Waals surface area contributed by atoms with E-state index < -0.39 is 17.6 Å². The molecule has 0 saturated carbocycles. The molecule has 2 aliphatic heterocycles. The summed E-state index contributed by atoms with van der Waals surface area (Å²) < 4.78 is 24.3. The highest BCUT2D eigenvalue weighted by molar-refractivity contribution is 6.45. The lowest BCUT2D eigenvalue weighted by atomic mass is 10.0. The molecule has 2 aromatic rings. The maximum absolute atomic E-state index is 13.7. The molecule has 6 nitrogen and oxygen atoms in total. The van der Waals surface area contributed by atoms with Gasteiger partial charge < -0.3 is 14.4 Å². The van der Waals surface area contributed by atoms with Crippen molar-refractivity contribution in [2.75, 3.05) is 38.3 Å². The van der Waals surface area contributed by atoms with Crippen molar-refractivity contribution in [1.82, 2.24) is 4.90 Å². The summed E-state index contributed by atoms with van der Waals surface area (Å²) in [6.07, 6.45) is 0. The number of carbonyl (C=O) groups is 2. The topological polar surface area (TPSA) is 59.1 Å². The highest BCUT2D eigenvalue weighted by Gasteiger charge is 2.42. The van der Waals surface area contributed by atoms with Gasteiger partial charge in [-0.3, -0.25) is 9.59 Å². The van der Waals surface area contributed by atoms with Crippen LogP contribution < -0.4 is 9.64 Å². The third-order valence-corrected chi connectivity index (χ3v) is 4.83. The molecule has 28 heavy (non-hydrogen) atoms. The number of halogens is 1. The molecule has 0 aliphatic carbocycles. The van der Waals surface area contributed by atoms with Crippen LogP contribution in [-0.4, -0.2) is 50.1 Å². The molecule has 2 aromatic carbocycles. The van der Waals surface area contributed by atoms with Gasteiger partial charge in [0.2, 0.25) is 0 Å². The summed E-state index contributed by atoms with van der Waals surface area (Å²) in [4.78, 5) is 29.4.